The maximum absolute atomic E-state index is 12.6. The number of benzene rings is 4. The van der Waals surface area contributed by atoms with Crippen molar-refractivity contribution in [2.45, 2.75) is 167 Å². The third kappa shape index (κ3) is 15.7. The van der Waals surface area contributed by atoms with Gasteiger partial charge in [-0.15, -0.1) is 45.3 Å². The number of amides is 4. The van der Waals surface area contributed by atoms with Crippen LogP contribution in [0.25, 0.3) is 43.9 Å². The summed E-state index contributed by atoms with van der Waals surface area (Å²) in [6.07, 6.45) is 13.0. The first-order chi connectivity index (χ1) is 47.4. The molecule has 0 radical (unpaired) electrons. The highest BCUT2D eigenvalue weighted by atomic mass is 32.1. The first-order valence-corrected chi connectivity index (χ1v) is 37.2. The molecule has 0 bridgehead atoms. The second-order valence-electron chi connectivity index (χ2n) is 27.2. The summed E-state index contributed by atoms with van der Waals surface area (Å²) in [5.41, 5.74) is 15.7. The van der Waals surface area contributed by atoms with E-state index in [4.69, 9.17) is 22.9 Å². The Morgan fingerprint density at radius 3 is 0.788 bits per heavy atom. The topological polar surface area (TPSA) is 244 Å². The molecule has 4 aliphatic rings. The summed E-state index contributed by atoms with van der Waals surface area (Å²) in [4.78, 5) is 74.1. The van der Waals surface area contributed by atoms with Gasteiger partial charge in [0, 0.05) is 70.2 Å². The number of nitriles is 1. The van der Waals surface area contributed by atoms with Gasteiger partial charge in [0.2, 0.25) is 0 Å². The maximum atomic E-state index is 12.6. The minimum Gasteiger partial charge on any atom is -0.451 e. The number of nitrogens with one attached hydrogen (secondary N) is 4. The largest absolute Gasteiger partial charge is 0.451 e. The average molecular weight is 1400 g/mol. The predicted molar refractivity (Wildman–Crippen MR) is 399 cm³/mol. The van der Waals surface area contributed by atoms with E-state index in [1.807, 2.05) is 104 Å². The molecule has 4 aromatic carbocycles. The molecule has 17 nitrogen and oxygen atoms in total. The third-order valence-electron chi connectivity index (χ3n) is 18.8. The number of hydrogen-bond donors (Lipinski definition) is 4. The number of nitrogens with zero attached hydrogens (tertiary/aromatic N) is 5. The predicted octanol–water partition coefficient (Wildman–Crippen LogP) is 20.1. The highest BCUT2D eigenvalue weighted by Crippen LogP contribution is 2.39. The second-order valence-corrected chi connectivity index (χ2v) is 31.5. The van der Waals surface area contributed by atoms with Gasteiger partial charge in [-0.3, -0.25) is 40.4 Å². The molecule has 4 unspecified atom stereocenters. The number of fused-ring (bicyclic) bond motifs is 8. The Kier molecular flexibility index (Phi) is 21.0. The lowest BCUT2D eigenvalue weighted by Gasteiger charge is -2.15. The van der Waals surface area contributed by atoms with Crippen LogP contribution in [0.15, 0.2) is 90.5 Å². The van der Waals surface area contributed by atoms with Gasteiger partial charge in [0.1, 0.15) is 22.3 Å². The summed E-state index contributed by atoms with van der Waals surface area (Å²) in [5.74, 6) is 3.39. The highest BCUT2D eigenvalue weighted by Gasteiger charge is 2.29. The quantitative estimate of drug-likeness (QED) is 0.111. The number of aryl methyl sites for hydroxylation is 12. The number of furan rings is 4. The van der Waals surface area contributed by atoms with Gasteiger partial charge >= 0.3 is 0 Å². The van der Waals surface area contributed by atoms with Crippen molar-refractivity contribution < 1.29 is 36.8 Å². The summed E-state index contributed by atoms with van der Waals surface area (Å²) in [7, 11) is 0. The van der Waals surface area contributed by atoms with Gasteiger partial charge in [0.15, 0.2) is 43.6 Å². The Morgan fingerprint density at radius 1 is 0.384 bits per heavy atom. The first-order valence-electron chi connectivity index (χ1n) is 34.0. The summed E-state index contributed by atoms with van der Waals surface area (Å²) < 4.78 is 23.1. The van der Waals surface area contributed by atoms with Crippen LogP contribution in [0.5, 0.6) is 0 Å². The van der Waals surface area contributed by atoms with Crippen LogP contribution in [0.3, 0.4) is 0 Å². The van der Waals surface area contributed by atoms with Crippen LogP contribution in [0.1, 0.15) is 189 Å². The van der Waals surface area contributed by atoms with Crippen LogP contribution < -0.4 is 21.3 Å². The van der Waals surface area contributed by atoms with Crippen LogP contribution >= 0.6 is 45.3 Å². The van der Waals surface area contributed by atoms with Crippen LogP contribution in [-0.4, -0.2) is 43.6 Å². The molecular formula is C78H83N9O8S4. The van der Waals surface area contributed by atoms with Crippen molar-refractivity contribution in [3.63, 3.8) is 0 Å². The fourth-order valence-corrected chi connectivity index (χ4v) is 17.9. The zero-order valence-electron chi connectivity index (χ0n) is 58.4. The zero-order valence-corrected chi connectivity index (χ0v) is 61.6. The molecule has 0 aliphatic heterocycles. The summed E-state index contributed by atoms with van der Waals surface area (Å²) in [6, 6.07) is 25.6. The summed E-state index contributed by atoms with van der Waals surface area (Å²) in [6.45, 7) is 26.3. The molecule has 0 spiro atoms. The smallest absolute Gasteiger partial charge is 0.293 e. The van der Waals surface area contributed by atoms with E-state index in [0.717, 1.165) is 163 Å². The van der Waals surface area contributed by atoms with E-state index in [-0.39, 0.29) is 23.6 Å². The molecule has 4 amide bonds. The van der Waals surface area contributed by atoms with Crippen molar-refractivity contribution in [2.75, 3.05) is 21.3 Å². The third-order valence-corrected chi connectivity index (χ3v) is 23.0. The Morgan fingerprint density at radius 2 is 0.586 bits per heavy atom. The van der Waals surface area contributed by atoms with Gasteiger partial charge in [-0.1, -0.05) is 74.2 Å². The monoisotopic (exact) mass is 1400 g/mol. The Bertz CT molecular complexity index is 4480. The first kappa shape index (κ1) is 69.8. The molecular weight excluding hydrogens is 1320 g/mol. The number of thiazole rings is 4. The molecule has 16 rings (SSSR count). The maximum Gasteiger partial charge on any atom is 0.293 e. The molecule has 8 aromatic heterocycles. The molecule has 512 valence electrons. The zero-order chi connectivity index (χ0) is 70.1. The number of aromatic nitrogens is 4. The van der Waals surface area contributed by atoms with E-state index in [9.17, 15) is 19.2 Å². The lowest BCUT2D eigenvalue weighted by atomic mass is 9.93. The summed E-state index contributed by atoms with van der Waals surface area (Å²) in [5, 5.41) is 25.7. The lowest BCUT2D eigenvalue weighted by molar-refractivity contribution is 0.0990. The SMILES string of the molecule is CC#N.Cc1ccc2oc(C(=O)Nc3nc4c(s3)CC(C)CC4)c(C)c2c1.Cc1ccc2oc(C(=O)Nc3nc4c(s3)CC(C)CC4)c(C)c2c1.Cc1ccc2oc(C(=O)Nc3nc4c(s3)CC(C)CC4)c(C)c2c1.Cc1ccc2oc(C(=O)Nc3nc4c(s3)CC(C)CC4)c(C)c2c1. The minimum absolute atomic E-state index is 0.222. The standard InChI is InChI=1S/4C19H20N2O2S.C2H3N/c4*1-10-5-7-15-13(8-10)12(3)17(23-15)18(22)21-19-20-14-6-4-11(2)9-16(14)24-19;1-2-3/h4*5,7-8,11H,4,6,9H2,1-3H3,(H,20,21,22);1H3. The van der Waals surface area contributed by atoms with E-state index in [0.29, 0.717) is 67.2 Å². The fraction of sp³-hybridized carbons (Fsp3) is 0.372. The molecule has 99 heavy (non-hydrogen) atoms. The number of rotatable bonds is 8. The molecule has 8 heterocycles. The molecule has 0 fully saturated rings. The Labute approximate surface area is 592 Å². The molecule has 0 saturated heterocycles. The Hall–Kier alpha value is -9.07. The van der Waals surface area contributed by atoms with Crippen LogP contribution in [0.4, 0.5) is 20.5 Å². The van der Waals surface area contributed by atoms with Crippen molar-refractivity contribution in [3.8, 4) is 6.07 Å². The van der Waals surface area contributed by atoms with E-state index in [2.05, 4.69) is 93.2 Å². The van der Waals surface area contributed by atoms with Gasteiger partial charge < -0.3 is 17.7 Å². The average Bonchev–Trinajstić information content (AvgIpc) is 1.66. The molecule has 4 aliphatic carbocycles. The molecule has 4 atom stereocenters. The van der Waals surface area contributed by atoms with Gasteiger partial charge in [-0.2, -0.15) is 5.26 Å². The number of anilines is 4. The van der Waals surface area contributed by atoms with Gasteiger partial charge in [0.25, 0.3) is 23.6 Å². The highest BCUT2D eigenvalue weighted by molar-refractivity contribution is 7.17. The number of carbonyl (C=O) groups excluding carboxylic acids is 4. The van der Waals surface area contributed by atoms with Gasteiger partial charge in [-0.05, 0) is 205 Å². The molecule has 4 N–H and O–H groups in total. The van der Waals surface area contributed by atoms with Crippen LogP contribution in [0, 0.1) is 90.4 Å². The molecule has 0 saturated carbocycles. The fourth-order valence-electron chi connectivity index (χ4n) is 13.2. The van der Waals surface area contributed by atoms with E-state index in [1.54, 1.807) is 51.4 Å². The van der Waals surface area contributed by atoms with E-state index < -0.39 is 0 Å². The van der Waals surface area contributed by atoms with Gasteiger partial charge in [-0.25, -0.2) is 19.9 Å². The lowest BCUT2D eigenvalue weighted by Crippen LogP contribution is -2.12. The van der Waals surface area contributed by atoms with E-state index >= 15 is 0 Å². The van der Waals surface area contributed by atoms with Crippen molar-refractivity contribution in [2.24, 2.45) is 23.7 Å². The van der Waals surface area contributed by atoms with Crippen molar-refractivity contribution in [1.82, 2.24) is 19.9 Å². The molecule has 21 heteroatoms. The van der Waals surface area contributed by atoms with Crippen LogP contribution in [0.2, 0.25) is 0 Å². The number of carbonyl (C=O) groups is 4. The van der Waals surface area contributed by atoms with Gasteiger partial charge in [0.05, 0.1) is 28.8 Å². The van der Waals surface area contributed by atoms with E-state index in [1.165, 1.54) is 52.1 Å². The second kappa shape index (κ2) is 29.8. The van der Waals surface area contributed by atoms with Crippen LogP contribution in [-0.2, 0) is 51.4 Å². The Balaban J connectivity index is 0.000000124. The van der Waals surface area contributed by atoms with Crippen molar-refractivity contribution in [1.29, 1.82) is 5.26 Å². The van der Waals surface area contributed by atoms with Crippen molar-refractivity contribution >= 4 is 133 Å². The minimum atomic E-state index is -0.222. The summed E-state index contributed by atoms with van der Waals surface area (Å²) >= 11 is 6.37. The van der Waals surface area contributed by atoms with Crippen molar-refractivity contribution in [3.05, 3.63) is 183 Å². The number of hydrogen-bond acceptors (Lipinski definition) is 17. The molecule has 12 aromatic rings. The normalized spacial score (nSPS) is 16.6.